The van der Waals surface area contributed by atoms with Crippen LogP contribution in [0, 0.1) is 0 Å². The summed E-state index contributed by atoms with van der Waals surface area (Å²) >= 11 is 1.24. The van der Waals surface area contributed by atoms with Gasteiger partial charge in [0.1, 0.15) is 11.0 Å². The summed E-state index contributed by atoms with van der Waals surface area (Å²) in [5.41, 5.74) is 2.11. The Morgan fingerprint density at radius 1 is 1.11 bits per heavy atom. The number of fused-ring (bicyclic) bond motifs is 3. The predicted molar refractivity (Wildman–Crippen MR) is 140 cm³/mol. The van der Waals surface area contributed by atoms with Crippen LogP contribution in [-0.4, -0.2) is 70.6 Å². The quantitative estimate of drug-likeness (QED) is 0.314. The molecule has 0 unspecified atom stereocenters. The number of carbonyl (C=O) groups excluding carboxylic acids is 1. The second kappa shape index (κ2) is 9.87. The van der Waals surface area contributed by atoms with Crippen molar-refractivity contribution in [1.29, 1.82) is 0 Å². The van der Waals surface area contributed by atoms with Gasteiger partial charge < -0.3 is 24.1 Å². The van der Waals surface area contributed by atoms with Gasteiger partial charge in [0, 0.05) is 30.1 Å². The van der Waals surface area contributed by atoms with Crippen molar-refractivity contribution in [1.82, 2.24) is 19.4 Å². The van der Waals surface area contributed by atoms with E-state index < -0.39 is 0 Å². The lowest BCUT2D eigenvalue weighted by Crippen LogP contribution is -2.48. The largest absolute Gasteiger partial charge is 0.493 e. The summed E-state index contributed by atoms with van der Waals surface area (Å²) in [6.07, 6.45) is -0.0401. The fraction of sp³-hybridized carbons (Fsp3) is 0.346. The maximum absolute atomic E-state index is 13.8. The summed E-state index contributed by atoms with van der Waals surface area (Å²) in [5, 5.41) is 1.28. The summed E-state index contributed by atoms with van der Waals surface area (Å²) in [5.74, 6) is 1.16. The number of nitrogens with zero attached hydrogens (tertiary/aromatic N) is 3. The summed E-state index contributed by atoms with van der Waals surface area (Å²) in [6, 6.07) is 12.9. The second-order valence-corrected chi connectivity index (χ2v) is 9.76. The molecule has 1 fully saturated rings. The standard InChI is InChI=1S/C26H28N4O5S/c1-15-12-29(13-16(2)35-15)22(31)14-36-26-28-23-18-7-5-6-8-19(18)27-24(23)25(32)30(26)17-9-10-20(33-3)21(11-17)34-4/h5-11,15-16,27H,12-14H2,1-4H3/t15-,16-/m0/s1. The van der Waals surface area contributed by atoms with Crippen LogP contribution in [0.3, 0.4) is 0 Å². The number of para-hydroxylation sites is 1. The smallest absolute Gasteiger partial charge is 0.283 e. The molecule has 1 N–H and O–H groups in total. The number of H-pyrrole nitrogens is 1. The van der Waals surface area contributed by atoms with Crippen LogP contribution in [-0.2, 0) is 9.53 Å². The van der Waals surface area contributed by atoms with Gasteiger partial charge in [-0.2, -0.15) is 0 Å². The molecule has 0 radical (unpaired) electrons. The number of benzene rings is 2. The number of amides is 1. The van der Waals surface area contributed by atoms with Crippen LogP contribution in [0.1, 0.15) is 13.8 Å². The summed E-state index contributed by atoms with van der Waals surface area (Å²) in [4.78, 5) is 36.8. The number of thioether (sulfide) groups is 1. The van der Waals surface area contributed by atoms with Crippen LogP contribution in [0.4, 0.5) is 0 Å². The lowest BCUT2D eigenvalue weighted by Gasteiger charge is -2.35. The predicted octanol–water partition coefficient (Wildman–Crippen LogP) is 3.61. The van der Waals surface area contributed by atoms with E-state index in [1.54, 1.807) is 32.4 Å². The van der Waals surface area contributed by atoms with Crippen LogP contribution in [0.2, 0.25) is 0 Å². The number of carbonyl (C=O) groups is 1. The molecule has 0 aliphatic carbocycles. The molecule has 0 bridgehead atoms. The molecule has 0 spiro atoms. The highest BCUT2D eigenvalue weighted by Gasteiger charge is 2.27. The molecule has 9 nitrogen and oxygen atoms in total. The molecular weight excluding hydrogens is 480 g/mol. The number of nitrogens with one attached hydrogen (secondary N) is 1. The van der Waals surface area contributed by atoms with Crippen molar-refractivity contribution in [2.45, 2.75) is 31.2 Å². The monoisotopic (exact) mass is 508 g/mol. The molecule has 2 aromatic heterocycles. The molecule has 2 aromatic carbocycles. The first-order chi connectivity index (χ1) is 17.4. The maximum Gasteiger partial charge on any atom is 0.283 e. The maximum atomic E-state index is 13.8. The molecule has 3 heterocycles. The molecular formula is C26H28N4O5S. The Morgan fingerprint density at radius 2 is 1.83 bits per heavy atom. The minimum absolute atomic E-state index is 0.0193. The topological polar surface area (TPSA) is 98.7 Å². The van der Waals surface area contributed by atoms with Gasteiger partial charge in [-0.05, 0) is 32.0 Å². The highest BCUT2D eigenvalue weighted by molar-refractivity contribution is 7.99. The Hall–Kier alpha value is -3.50. The van der Waals surface area contributed by atoms with Crippen LogP contribution < -0.4 is 15.0 Å². The van der Waals surface area contributed by atoms with Gasteiger partial charge in [0.05, 0.1) is 37.9 Å². The number of rotatable bonds is 6. The van der Waals surface area contributed by atoms with E-state index in [1.807, 2.05) is 43.0 Å². The fourth-order valence-electron chi connectivity index (χ4n) is 4.63. The Balaban J connectivity index is 1.59. The average molecular weight is 509 g/mol. The van der Waals surface area contributed by atoms with E-state index in [1.165, 1.54) is 16.3 Å². The van der Waals surface area contributed by atoms with E-state index in [0.29, 0.717) is 46.5 Å². The van der Waals surface area contributed by atoms with E-state index in [0.717, 1.165) is 10.9 Å². The van der Waals surface area contributed by atoms with Crippen LogP contribution in [0.25, 0.3) is 27.6 Å². The number of hydrogen-bond acceptors (Lipinski definition) is 7. The lowest BCUT2D eigenvalue weighted by molar-refractivity contribution is -0.140. The normalized spacial score (nSPS) is 18.1. The zero-order valence-electron chi connectivity index (χ0n) is 20.6. The average Bonchev–Trinajstić information content (AvgIpc) is 3.25. The minimum atomic E-state index is -0.257. The number of hydrogen-bond donors (Lipinski definition) is 1. The molecule has 1 aliphatic rings. The van der Waals surface area contributed by atoms with Gasteiger partial charge in [-0.1, -0.05) is 30.0 Å². The van der Waals surface area contributed by atoms with E-state index in [2.05, 4.69) is 4.98 Å². The SMILES string of the molecule is COc1ccc(-n2c(SCC(=O)N3C[C@H](C)O[C@@H](C)C3)nc3c([nH]c4ccccc43)c2=O)cc1OC. The number of aromatic amines is 1. The number of methoxy groups -OCH3 is 2. The van der Waals surface area contributed by atoms with E-state index in [-0.39, 0.29) is 29.4 Å². The molecule has 1 aliphatic heterocycles. The minimum Gasteiger partial charge on any atom is -0.493 e. The third kappa shape index (κ3) is 4.42. The van der Waals surface area contributed by atoms with Crippen molar-refractivity contribution in [3.05, 3.63) is 52.8 Å². The molecule has 4 aromatic rings. The van der Waals surface area contributed by atoms with E-state index in [4.69, 9.17) is 19.2 Å². The first-order valence-corrected chi connectivity index (χ1v) is 12.7. The van der Waals surface area contributed by atoms with E-state index in [9.17, 15) is 9.59 Å². The molecule has 188 valence electrons. The lowest BCUT2D eigenvalue weighted by atomic mass is 10.2. The molecule has 0 saturated carbocycles. The van der Waals surface area contributed by atoms with Crippen molar-refractivity contribution in [3.8, 4) is 17.2 Å². The first-order valence-electron chi connectivity index (χ1n) is 11.7. The summed E-state index contributed by atoms with van der Waals surface area (Å²) in [6.45, 7) is 5.01. The number of ether oxygens (including phenoxy) is 3. The van der Waals surface area contributed by atoms with Gasteiger partial charge in [-0.25, -0.2) is 4.98 Å². The second-order valence-electron chi connectivity index (χ2n) is 8.81. The fourth-order valence-corrected chi connectivity index (χ4v) is 5.54. The Labute approximate surface area is 212 Å². The van der Waals surface area contributed by atoms with Crippen LogP contribution in [0.5, 0.6) is 11.5 Å². The highest BCUT2D eigenvalue weighted by atomic mass is 32.2. The van der Waals surface area contributed by atoms with Crippen LogP contribution >= 0.6 is 11.8 Å². The van der Waals surface area contributed by atoms with Gasteiger partial charge in [0.2, 0.25) is 5.91 Å². The van der Waals surface area contributed by atoms with Crippen molar-refractivity contribution in [3.63, 3.8) is 0 Å². The van der Waals surface area contributed by atoms with Crippen LogP contribution in [0.15, 0.2) is 52.4 Å². The Morgan fingerprint density at radius 3 is 2.56 bits per heavy atom. The first kappa shape index (κ1) is 24.2. The molecule has 1 amide bonds. The van der Waals surface area contributed by atoms with Gasteiger partial charge in [0.15, 0.2) is 16.7 Å². The van der Waals surface area contributed by atoms with Crippen molar-refractivity contribution < 1.29 is 19.0 Å². The van der Waals surface area contributed by atoms with Gasteiger partial charge in [-0.3, -0.25) is 14.2 Å². The third-order valence-electron chi connectivity index (χ3n) is 6.22. The molecule has 1 saturated heterocycles. The number of aromatic nitrogens is 3. The number of morpholine rings is 1. The van der Waals surface area contributed by atoms with Gasteiger partial charge >= 0.3 is 0 Å². The Kier molecular flexibility index (Phi) is 6.63. The molecule has 10 heteroatoms. The molecule has 2 atom stereocenters. The molecule has 36 heavy (non-hydrogen) atoms. The van der Waals surface area contributed by atoms with Gasteiger partial charge in [-0.15, -0.1) is 0 Å². The molecule has 5 rings (SSSR count). The van der Waals surface area contributed by atoms with Crippen molar-refractivity contribution >= 4 is 39.6 Å². The zero-order chi connectivity index (χ0) is 25.4. The van der Waals surface area contributed by atoms with Gasteiger partial charge in [0.25, 0.3) is 5.56 Å². The summed E-state index contributed by atoms with van der Waals surface area (Å²) < 4.78 is 18.1. The van der Waals surface area contributed by atoms with Crippen molar-refractivity contribution in [2.75, 3.05) is 33.1 Å². The third-order valence-corrected chi connectivity index (χ3v) is 7.14. The Bertz CT molecular complexity index is 1490. The van der Waals surface area contributed by atoms with E-state index >= 15 is 0 Å². The van der Waals surface area contributed by atoms with Crippen molar-refractivity contribution in [2.24, 2.45) is 0 Å². The summed E-state index contributed by atoms with van der Waals surface area (Å²) in [7, 11) is 3.10. The zero-order valence-corrected chi connectivity index (χ0v) is 21.4. The highest BCUT2D eigenvalue weighted by Crippen LogP contribution is 2.32.